The van der Waals surface area contributed by atoms with Gasteiger partial charge in [0.05, 0.1) is 42.7 Å². The number of halogens is 9. The largest absolute Gasteiger partial charge is 0.389 e. The topological polar surface area (TPSA) is 118 Å². The van der Waals surface area contributed by atoms with Crippen molar-refractivity contribution in [1.82, 2.24) is 35.6 Å². The number of benzene rings is 1. The molecular weight excluding hydrogens is 625 g/mol. The number of aromatic nitrogens is 5. The average molecular weight is 656 g/mol. The number of aromatic amines is 1. The third-order valence-electron chi connectivity index (χ3n) is 7.38. The van der Waals surface area contributed by atoms with Gasteiger partial charge in [0.2, 0.25) is 11.8 Å². The number of hydrogen-bond acceptors (Lipinski definition) is 5. The fraction of sp³-hybridized carbons (Fsp3) is 0.593. The minimum atomic E-state index is -4.41. The first-order valence-corrected chi connectivity index (χ1v) is 14.1. The van der Waals surface area contributed by atoms with Crippen molar-refractivity contribution in [2.24, 2.45) is 5.92 Å². The molecule has 3 aromatic rings. The van der Waals surface area contributed by atoms with E-state index in [9.17, 15) is 49.1 Å². The fourth-order valence-corrected chi connectivity index (χ4v) is 4.78. The summed E-state index contributed by atoms with van der Waals surface area (Å²) in [5.41, 5.74) is 1.49. The summed E-state index contributed by atoms with van der Waals surface area (Å²) in [4.78, 5) is 31.9. The van der Waals surface area contributed by atoms with E-state index in [1.54, 1.807) is 18.2 Å². The number of carbonyl (C=O) groups is 2. The summed E-state index contributed by atoms with van der Waals surface area (Å²) in [6.45, 7) is -0.626. The van der Waals surface area contributed by atoms with Crippen molar-refractivity contribution in [3.63, 3.8) is 0 Å². The maximum absolute atomic E-state index is 13.4. The van der Waals surface area contributed by atoms with Crippen LogP contribution in [0, 0.1) is 5.92 Å². The number of amides is 2. The second-order valence-electron chi connectivity index (χ2n) is 11.0. The van der Waals surface area contributed by atoms with Gasteiger partial charge in [0.25, 0.3) is 5.91 Å². The van der Waals surface area contributed by atoms with Gasteiger partial charge in [-0.2, -0.15) is 40.6 Å². The Bertz CT molecular complexity index is 1480. The highest BCUT2D eigenvalue weighted by atomic mass is 19.4. The highest BCUT2D eigenvalue weighted by Gasteiger charge is 2.71. The van der Waals surface area contributed by atoms with Gasteiger partial charge >= 0.3 is 18.0 Å². The molecule has 248 valence electrons. The van der Waals surface area contributed by atoms with Crippen LogP contribution in [-0.4, -0.2) is 60.7 Å². The van der Waals surface area contributed by atoms with Crippen LogP contribution >= 0.6 is 0 Å². The molecule has 1 unspecified atom stereocenters. The van der Waals surface area contributed by atoms with E-state index in [2.05, 4.69) is 30.8 Å². The number of alkyl halides is 9. The number of H-pyrrole nitrogens is 1. The van der Waals surface area contributed by atoms with E-state index in [1.807, 2.05) is 0 Å². The molecule has 2 amide bonds. The first kappa shape index (κ1) is 34.0. The van der Waals surface area contributed by atoms with Crippen molar-refractivity contribution in [3.05, 3.63) is 41.5 Å². The maximum Gasteiger partial charge on any atom is 0.389 e. The second kappa shape index (κ2) is 13.2. The molecule has 0 radical (unpaired) electrons. The van der Waals surface area contributed by atoms with Crippen LogP contribution in [0.3, 0.4) is 0 Å². The zero-order valence-corrected chi connectivity index (χ0v) is 23.7. The van der Waals surface area contributed by atoms with Crippen molar-refractivity contribution in [2.45, 2.75) is 94.9 Å². The molecule has 0 spiro atoms. The van der Waals surface area contributed by atoms with Crippen molar-refractivity contribution in [1.29, 1.82) is 0 Å². The van der Waals surface area contributed by atoms with Gasteiger partial charge in [0.15, 0.2) is 5.69 Å². The Balaban J connectivity index is 0.000000501. The molecule has 1 aromatic carbocycles. The quantitative estimate of drug-likeness (QED) is 0.248. The molecule has 0 bridgehead atoms. The molecule has 1 atom stereocenters. The molecule has 2 aliphatic carbocycles. The van der Waals surface area contributed by atoms with Crippen molar-refractivity contribution in [2.75, 3.05) is 0 Å². The molecule has 2 heterocycles. The minimum Gasteiger partial charge on any atom is -0.352 e. The van der Waals surface area contributed by atoms with Crippen LogP contribution in [-0.2, 0) is 24.4 Å². The molecule has 2 saturated carbocycles. The number of rotatable bonds is 9. The maximum atomic E-state index is 13.4. The van der Waals surface area contributed by atoms with Gasteiger partial charge < -0.3 is 15.6 Å². The zero-order chi connectivity index (χ0) is 33.0. The number of nitrogens with zero attached hydrogens (tertiary/aromatic N) is 4. The third kappa shape index (κ3) is 9.09. The summed E-state index contributed by atoms with van der Waals surface area (Å²) in [5.74, 6) is -13.3. The summed E-state index contributed by atoms with van der Waals surface area (Å²) in [7, 11) is 0. The van der Waals surface area contributed by atoms with Gasteiger partial charge in [0, 0.05) is 32.2 Å². The first-order chi connectivity index (χ1) is 20.9. The van der Waals surface area contributed by atoms with Crippen LogP contribution in [0.2, 0.25) is 0 Å². The van der Waals surface area contributed by atoms with Gasteiger partial charge in [-0.1, -0.05) is 12.5 Å². The predicted molar refractivity (Wildman–Crippen MR) is 140 cm³/mol. The normalized spacial score (nSPS) is 20.1. The molecule has 5 rings (SSSR count). The lowest BCUT2D eigenvalue weighted by Crippen LogP contribution is -2.59. The molecule has 2 aromatic heterocycles. The summed E-state index contributed by atoms with van der Waals surface area (Å²) >= 11 is 0. The van der Waals surface area contributed by atoms with Gasteiger partial charge in [-0.3, -0.25) is 9.59 Å². The average Bonchev–Trinajstić information content (AvgIpc) is 3.60. The van der Waals surface area contributed by atoms with Gasteiger partial charge in [-0.15, -0.1) is 5.10 Å². The first-order valence-electron chi connectivity index (χ1n) is 14.1. The monoisotopic (exact) mass is 655 g/mol. The molecular formula is C27H30F9N7O2. The Kier molecular flexibility index (Phi) is 10.0. The van der Waals surface area contributed by atoms with Crippen molar-refractivity contribution >= 4 is 22.8 Å². The molecule has 3 N–H and O–H groups in total. The molecule has 9 nitrogen and oxygen atoms in total. The summed E-state index contributed by atoms with van der Waals surface area (Å²) in [5, 5.41) is 12.4. The number of nitrogens with one attached hydrogen (secondary N) is 3. The summed E-state index contributed by atoms with van der Waals surface area (Å²) in [6.07, 6.45) is -3.60. The Hall–Kier alpha value is -3.86. The number of carbonyl (C=O) groups excluding carboxylic acids is 2. The fourth-order valence-electron chi connectivity index (χ4n) is 4.78. The highest BCUT2D eigenvalue weighted by Crippen LogP contribution is 2.55. The number of fused-ring (bicyclic) bond motifs is 1. The van der Waals surface area contributed by atoms with Crippen LogP contribution < -0.4 is 10.6 Å². The molecule has 45 heavy (non-hydrogen) atoms. The van der Waals surface area contributed by atoms with Gasteiger partial charge in [0.1, 0.15) is 5.82 Å². The molecule has 18 heteroatoms. The van der Waals surface area contributed by atoms with Gasteiger partial charge in [-0.25, -0.2) is 13.8 Å². The van der Waals surface area contributed by atoms with Crippen LogP contribution in [0.25, 0.3) is 11.0 Å². The predicted octanol–water partition coefficient (Wildman–Crippen LogP) is 5.92. The second-order valence-corrected chi connectivity index (χ2v) is 11.0. The molecule has 2 fully saturated rings. The molecule has 0 saturated heterocycles. The molecule has 0 aliphatic heterocycles. The SMILES string of the molecule is FC1(F)CCCCC1.O=C(CCC(F)(F)F)NCc1ccc2nc(CNC(=O)c3cnn(CC4CC(F)(F)C4(F)F)n3)[nH]c2c1. The third-order valence-corrected chi connectivity index (χ3v) is 7.38. The number of hydrogen-bond donors (Lipinski definition) is 3. The van der Waals surface area contributed by atoms with Crippen LogP contribution in [0.4, 0.5) is 39.5 Å². The highest BCUT2D eigenvalue weighted by molar-refractivity contribution is 5.91. The van der Waals surface area contributed by atoms with E-state index in [0.29, 0.717) is 35.3 Å². The standard InChI is InChI=1S/C21H20F7N7O2.C6H10F2/c22-19(23)6-12(21(19,27)28)10-35-31-8-15(34-35)18(37)30-9-16-32-13-2-1-11(5-14(13)33-16)7-29-17(36)3-4-20(24,25)26;7-6(8)4-2-1-3-5-6/h1-2,5,8,12H,3-4,6-7,9-10H2,(H,29,36)(H,30,37)(H,32,33);1-5H2. The Labute approximate surface area is 250 Å². The lowest BCUT2D eigenvalue weighted by molar-refractivity contribution is -0.316. The lowest BCUT2D eigenvalue weighted by atomic mass is 9.77. The van der Waals surface area contributed by atoms with E-state index >= 15 is 0 Å². The minimum absolute atomic E-state index is 0.0117. The van der Waals surface area contributed by atoms with E-state index in [4.69, 9.17) is 0 Å². The van der Waals surface area contributed by atoms with E-state index in [-0.39, 0.29) is 31.6 Å². The van der Waals surface area contributed by atoms with E-state index in [0.717, 1.165) is 17.4 Å². The van der Waals surface area contributed by atoms with Gasteiger partial charge in [-0.05, 0) is 30.5 Å². The Morgan fingerprint density at radius 3 is 2.31 bits per heavy atom. The summed E-state index contributed by atoms with van der Waals surface area (Å²) in [6, 6.07) is 4.90. The summed E-state index contributed by atoms with van der Waals surface area (Å²) < 4.78 is 114. The Morgan fingerprint density at radius 2 is 1.71 bits per heavy atom. The van der Waals surface area contributed by atoms with E-state index in [1.165, 1.54) is 0 Å². The van der Waals surface area contributed by atoms with Crippen molar-refractivity contribution < 1.29 is 49.1 Å². The zero-order valence-electron chi connectivity index (χ0n) is 23.7. The smallest absolute Gasteiger partial charge is 0.352 e. The molecule has 2 aliphatic rings. The lowest BCUT2D eigenvalue weighted by Gasteiger charge is -2.43. The van der Waals surface area contributed by atoms with Crippen molar-refractivity contribution in [3.8, 4) is 0 Å². The van der Waals surface area contributed by atoms with Crippen LogP contribution in [0.1, 0.15) is 73.2 Å². The van der Waals surface area contributed by atoms with Crippen LogP contribution in [0.15, 0.2) is 24.4 Å². The van der Waals surface area contributed by atoms with Crippen LogP contribution in [0.5, 0.6) is 0 Å². The van der Waals surface area contributed by atoms with E-state index < -0.39 is 67.5 Å². The Morgan fingerprint density at radius 1 is 1.00 bits per heavy atom. The number of imidazole rings is 1.